The summed E-state index contributed by atoms with van der Waals surface area (Å²) in [7, 11) is 0. The maximum absolute atomic E-state index is 6.32. The fourth-order valence-electron chi connectivity index (χ4n) is 0.210. The molecule has 0 aliphatic rings. The Morgan fingerprint density at radius 3 is 2.86 bits per heavy atom. The first kappa shape index (κ1) is 5.97. The van der Waals surface area contributed by atoms with Gasteiger partial charge in [0.25, 0.3) is 0 Å². The molecule has 0 rings (SSSR count). The molecule has 0 aliphatic heterocycles. The van der Waals surface area contributed by atoms with Crippen LogP contribution in [0.15, 0.2) is 24.8 Å². The maximum Gasteiger partial charge on any atom is 0.233 e. The van der Waals surface area contributed by atoms with Gasteiger partial charge in [-0.3, -0.25) is 0 Å². The summed E-state index contributed by atoms with van der Waals surface area (Å²) in [5, 5.41) is 0. The van der Waals surface area contributed by atoms with E-state index in [1.54, 1.807) is 18.2 Å². The predicted octanol–water partition coefficient (Wildman–Crippen LogP) is 1.65. The summed E-state index contributed by atoms with van der Waals surface area (Å²) >= 11 is 0. The van der Waals surface area contributed by atoms with Crippen molar-refractivity contribution in [1.82, 2.24) is 0 Å². The van der Waals surface area contributed by atoms with Crippen LogP contribution in [0.2, 0.25) is 0 Å². The minimum absolute atomic E-state index is 0.464. The zero-order valence-electron chi connectivity index (χ0n) is 4.09. The van der Waals surface area contributed by atoms with Crippen molar-refractivity contribution in [3.63, 3.8) is 0 Å². The first-order valence-electron chi connectivity index (χ1n) is 2.02. The van der Waals surface area contributed by atoms with Gasteiger partial charge in [0.2, 0.25) is 6.54 Å². The van der Waals surface area contributed by atoms with Gasteiger partial charge in [-0.15, -0.1) is 0 Å². The van der Waals surface area contributed by atoms with Crippen molar-refractivity contribution >= 4 is 0 Å². The molecule has 1 nitrogen and oxygen atoms in total. The summed E-state index contributed by atoms with van der Waals surface area (Å²) in [5.74, 6) is 0. The van der Waals surface area contributed by atoms with Gasteiger partial charge in [-0.25, -0.2) is 6.57 Å². The molecule has 0 heterocycles. The van der Waals surface area contributed by atoms with Gasteiger partial charge in [-0.05, 0) is 6.08 Å². The average Bonchev–Trinajstić information content (AvgIpc) is 1.69. The molecule has 0 saturated carbocycles. The Morgan fingerprint density at radius 2 is 2.43 bits per heavy atom. The van der Waals surface area contributed by atoms with Crippen molar-refractivity contribution in [3.05, 3.63) is 36.2 Å². The molecule has 0 N–H and O–H groups in total. The van der Waals surface area contributed by atoms with E-state index >= 15 is 0 Å². The molecule has 0 aliphatic carbocycles. The summed E-state index contributed by atoms with van der Waals surface area (Å²) in [6.45, 7) is 10.2. The molecule has 0 amide bonds. The molecule has 0 aromatic heterocycles. The molecule has 0 radical (unpaired) electrons. The summed E-state index contributed by atoms with van der Waals surface area (Å²) in [4.78, 5) is 3.09. The molecular formula is C6H7N. The highest BCUT2D eigenvalue weighted by Gasteiger charge is 1.65. The fraction of sp³-hybridized carbons (Fsp3) is 0.167. The van der Waals surface area contributed by atoms with E-state index in [-0.39, 0.29) is 0 Å². The van der Waals surface area contributed by atoms with Crippen LogP contribution < -0.4 is 0 Å². The molecule has 0 spiro atoms. The zero-order chi connectivity index (χ0) is 5.54. The number of hydrogen-bond donors (Lipinski definition) is 0. The molecule has 0 aromatic rings. The smallest absolute Gasteiger partial charge is 0.233 e. The van der Waals surface area contributed by atoms with Gasteiger partial charge in [-0.2, -0.15) is 0 Å². The van der Waals surface area contributed by atoms with Gasteiger partial charge in [0.15, 0.2) is 0 Å². The van der Waals surface area contributed by atoms with Crippen LogP contribution >= 0.6 is 0 Å². The van der Waals surface area contributed by atoms with Crippen LogP contribution in [0.3, 0.4) is 0 Å². The van der Waals surface area contributed by atoms with E-state index in [1.807, 2.05) is 0 Å². The quantitative estimate of drug-likeness (QED) is 0.361. The third kappa shape index (κ3) is 4.97. The van der Waals surface area contributed by atoms with Gasteiger partial charge in [0.1, 0.15) is 0 Å². The number of nitrogens with zero attached hydrogens (tertiary/aromatic N) is 1. The largest absolute Gasteiger partial charge is 0.312 e. The van der Waals surface area contributed by atoms with Crippen LogP contribution in [0.5, 0.6) is 0 Å². The van der Waals surface area contributed by atoms with Crippen LogP contribution in [-0.2, 0) is 0 Å². The van der Waals surface area contributed by atoms with Crippen molar-refractivity contribution in [3.8, 4) is 0 Å². The highest BCUT2D eigenvalue weighted by molar-refractivity contribution is 4.99. The summed E-state index contributed by atoms with van der Waals surface area (Å²) in [5.41, 5.74) is 0. The fourth-order valence-corrected chi connectivity index (χ4v) is 0.210. The van der Waals surface area contributed by atoms with E-state index in [1.165, 1.54) is 0 Å². The maximum atomic E-state index is 6.32. The molecule has 0 bridgehead atoms. The number of rotatable bonds is 2. The monoisotopic (exact) mass is 93.1 g/mol. The Balaban J connectivity index is 3.13. The lowest BCUT2D eigenvalue weighted by Crippen LogP contribution is -1.59. The van der Waals surface area contributed by atoms with Crippen molar-refractivity contribution in [2.75, 3.05) is 6.54 Å². The van der Waals surface area contributed by atoms with Crippen LogP contribution in [0.4, 0.5) is 0 Å². The van der Waals surface area contributed by atoms with Crippen LogP contribution in [0.25, 0.3) is 4.85 Å². The molecule has 0 fully saturated rings. The van der Waals surface area contributed by atoms with E-state index in [2.05, 4.69) is 11.4 Å². The highest BCUT2D eigenvalue weighted by atomic mass is 14.6. The minimum atomic E-state index is 0.464. The molecule has 7 heavy (non-hydrogen) atoms. The topological polar surface area (TPSA) is 4.36 Å². The molecule has 1 heteroatoms. The lowest BCUT2D eigenvalue weighted by atomic mass is 10.5. The number of allylic oxidation sites excluding steroid dienone is 2. The van der Waals surface area contributed by atoms with Gasteiger partial charge < -0.3 is 4.85 Å². The van der Waals surface area contributed by atoms with E-state index in [4.69, 9.17) is 6.57 Å². The Hall–Kier alpha value is -1.03. The van der Waals surface area contributed by atoms with Gasteiger partial charge in [-0.1, -0.05) is 18.7 Å². The minimum Gasteiger partial charge on any atom is -0.312 e. The van der Waals surface area contributed by atoms with Crippen LogP contribution in [0, 0.1) is 6.57 Å². The Labute approximate surface area is 43.8 Å². The second kappa shape index (κ2) is 4.97. The normalized spacial score (nSPS) is 8.43. The van der Waals surface area contributed by atoms with Gasteiger partial charge in [0, 0.05) is 0 Å². The van der Waals surface area contributed by atoms with Crippen LogP contribution in [-0.4, -0.2) is 6.54 Å². The third-order valence-corrected chi connectivity index (χ3v) is 0.469. The lowest BCUT2D eigenvalue weighted by Gasteiger charge is -1.65. The average molecular weight is 93.1 g/mol. The van der Waals surface area contributed by atoms with Crippen molar-refractivity contribution in [1.29, 1.82) is 0 Å². The summed E-state index contributed by atoms with van der Waals surface area (Å²) in [6.07, 6.45) is 5.18. The molecule has 0 atom stereocenters. The Bertz CT molecular complexity index is 106. The lowest BCUT2D eigenvalue weighted by molar-refractivity contribution is 1.53. The van der Waals surface area contributed by atoms with Crippen molar-refractivity contribution in [2.24, 2.45) is 0 Å². The third-order valence-electron chi connectivity index (χ3n) is 0.469. The van der Waals surface area contributed by atoms with Crippen LogP contribution in [0.1, 0.15) is 0 Å². The first-order chi connectivity index (χ1) is 3.41. The first-order valence-corrected chi connectivity index (χ1v) is 2.02. The standard InChI is InChI=1S/C6H7N/c1-3-4-5-6-7-2/h3-5H,1,6H2/b5-4+. The van der Waals surface area contributed by atoms with Crippen molar-refractivity contribution < 1.29 is 0 Å². The Kier molecular flexibility index (Phi) is 4.24. The van der Waals surface area contributed by atoms with E-state index < -0.39 is 0 Å². The zero-order valence-corrected chi connectivity index (χ0v) is 4.09. The van der Waals surface area contributed by atoms with Gasteiger partial charge in [0.05, 0.1) is 0 Å². The van der Waals surface area contributed by atoms with E-state index in [9.17, 15) is 0 Å². The van der Waals surface area contributed by atoms with E-state index in [0.717, 1.165) is 0 Å². The van der Waals surface area contributed by atoms with Gasteiger partial charge >= 0.3 is 0 Å². The predicted molar refractivity (Wildman–Crippen MR) is 30.8 cm³/mol. The van der Waals surface area contributed by atoms with Crippen molar-refractivity contribution in [2.45, 2.75) is 0 Å². The molecule has 0 unspecified atom stereocenters. The second-order valence-electron chi connectivity index (χ2n) is 1.00. The summed E-state index contributed by atoms with van der Waals surface area (Å²) < 4.78 is 0. The number of hydrogen-bond acceptors (Lipinski definition) is 0. The van der Waals surface area contributed by atoms with E-state index in [0.29, 0.717) is 6.54 Å². The summed E-state index contributed by atoms with van der Waals surface area (Å²) in [6, 6.07) is 0. The highest BCUT2D eigenvalue weighted by Crippen LogP contribution is 1.72. The molecule has 0 aromatic carbocycles. The molecular weight excluding hydrogens is 86.1 g/mol. The molecule has 0 saturated heterocycles. The molecule has 36 valence electrons. The SMILES string of the molecule is [C-]#[N+]C/C=C/C=C. The Morgan fingerprint density at radius 1 is 1.71 bits per heavy atom. The second-order valence-corrected chi connectivity index (χ2v) is 1.00.